The van der Waals surface area contributed by atoms with Crippen LogP contribution in [-0.2, 0) is 11.3 Å². The monoisotopic (exact) mass is 403 g/mol. The number of hydrogen-bond donors (Lipinski definition) is 2. The number of aromatic hydroxyl groups is 1. The number of carbonyl (C=O) groups excluding carboxylic acids is 1. The molecule has 0 unspecified atom stereocenters. The van der Waals surface area contributed by atoms with Gasteiger partial charge in [-0.05, 0) is 24.3 Å². The summed E-state index contributed by atoms with van der Waals surface area (Å²) in [7, 11) is 1.45. The molecule has 2 aromatic carbocycles. The Bertz CT molecular complexity index is 954. The van der Waals surface area contributed by atoms with Gasteiger partial charge in [0.15, 0.2) is 11.5 Å². The smallest absolute Gasteiger partial charge is 0.261 e. The second-order valence-corrected chi connectivity index (χ2v) is 5.99. The van der Waals surface area contributed by atoms with Crippen LogP contribution in [0.5, 0.6) is 11.5 Å². The van der Waals surface area contributed by atoms with Gasteiger partial charge in [-0.15, -0.1) is 5.10 Å². The molecule has 3 rings (SSSR count). The van der Waals surface area contributed by atoms with Crippen LogP contribution in [-0.4, -0.2) is 39.3 Å². The van der Waals surface area contributed by atoms with Crippen LogP contribution in [0.25, 0.3) is 11.0 Å². The fraction of sp³-hybridized carbons (Fsp3) is 0.125. The number of carbonyl (C=O) groups is 1. The van der Waals surface area contributed by atoms with Crippen molar-refractivity contribution in [1.82, 2.24) is 20.4 Å². The number of phenolic OH excluding ortho intramolecular Hbond substituents is 1. The molecule has 0 radical (unpaired) electrons. The Morgan fingerprint density at radius 1 is 1.44 bits per heavy atom. The Hall–Kier alpha value is -2.94. The molecule has 1 heterocycles. The minimum Gasteiger partial charge on any atom is -0.504 e. The predicted octanol–water partition coefficient (Wildman–Crippen LogP) is 2.06. The zero-order chi connectivity index (χ0) is 17.8. The SMILES string of the molecule is COc1cc(Br)cc(/C=N/NC(=O)Cn2nnc3ccccc32)c1O. The van der Waals surface area contributed by atoms with E-state index in [1.54, 1.807) is 12.1 Å². The first-order valence-corrected chi connectivity index (χ1v) is 8.04. The highest BCUT2D eigenvalue weighted by Crippen LogP contribution is 2.32. The number of phenols is 1. The van der Waals surface area contributed by atoms with Crippen molar-refractivity contribution in [3.8, 4) is 11.5 Å². The summed E-state index contributed by atoms with van der Waals surface area (Å²) in [5.74, 6) is -0.129. The van der Waals surface area contributed by atoms with Crippen LogP contribution in [0.2, 0.25) is 0 Å². The molecule has 0 aliphatic heterocycles. The van der Waals surface area contributed by atoms with E-state index in [1.807, 2.05) is 24.3 Å². The maximum atomic E-state index is 12.0. The zero-order valence-corrected chi connectivity index (χ0v) is 14.8. The predicted molar refractivity (Wildman–Crippen MR) is 95.6 cm³/mol. The third-order valence-corrected chi connectivity index (χ3v) is 3.85. The van der Waals surface area contributed by atoms with Gasteiger partial charge < -0.3 is 9.84 Å². The van der Waals surface area contributed by atoms with Crippen molar-refractivity contribution in [2.24, 2.45) is 5.10 Å². The number of ether oxygens (including phenoxy) is 1. The molecule has 0 saturated carbocycles. The standard InChI is InChI=1S/C16H14BrN5O3/c1-25-14-7-11(17)6-10(16(14)24)8-18-20-15(23)9-22-13-5-3-2-4-12(13)19-21-22/h2-8,24H,9H2,1H3,(H,20,23)/b18-8+. The number of hydrogen-bond acceptors (Lipinski definition) is 6. The number of methoxy groups -OCH3 is 1. The van der Waals surface area contributed by atoms with Crippen molar-refractivity contribution in [2.45, 2.75) is 6.54 Å². The second kappa shape index (κ2) is 7.31. The van der Waals surface area contributed by atoms with E-state index in [-0.39, 0.29) is 18.2 Å². The molecule has 0 bridgehead atoms. The maximum Gasteiger partial charge on any atom is 0.261 e. The van der Waals surface area contributed by atoms with Crippen molar-refractivity contribution in [3.63, 3.8) is 0 Å². The van der Waals surface area contributed by atoms with Gasteiger partial charge in [-0.1, -0.05) is 33.3 Å². The normalized spacial score (nSPS) is 11.1. The van der Waals surface area contributed by atoms with Gasteiger partial charge in [0, 0.05) is 10.0 Å². The molecule has 0 aliphatic carbocycles. The highest BCUT2D eigenvalue weighted by molar-refractivity contribution is 9.10. The van der Waals surface area contributed by atoms with E-state index in [9.17, 15) is 9.90 Å². The number of hydrazone groups is 1. The van der Waals surface area contributed by atoms with Gasteiger partial charge in [-0.3, -0.25) is 4.79 Å². The molecule has 0 fully saturated rings. The maximum absolute atomic E-state index is 12.0. The first kappa shape index (κ1) is 16.9. The topological polar surface area (TPSA) is 102 Å². The Balaban J connectivity index is 1.68. The van der Waals surface area contributed by atoms with Crippen LogP contribution < -0.4 is 10.2 Å². The summed E-state index contributed by atoms with van der Waals surface area (Å²) in [6, 6.07) is 10.6. The summed E-state index contributed by atoms with van der Waals surface area (Å²) in [4.78, 5) is 12.0. The van der Waals surface area contributed by atoms with Crippen molar-refractivity contribution in [3.05, 3.63) is 46.4 Å². The molecule has 128 valence electrons. The average Bonchev–Trinajstić information content (AvgIpc) is 3.00. The first-order chi connectivity index (χ1) is 12.1. The molecule has 0 spiro atoms. The third kappa shape index (κ3) is 3.77. The van der Waals surface area contributed by atoms with Gasteiger partial charge in [0.1, 0.15) is 12.1 Å². The largest absolute Gasteiger partial charge is 0.504 e. The molecule has 1 amide bonds. The van der Waals surface area contributed by atoms with Crippen LogP contribution in [0.4, 0.5) is 0 Å². The van der Waals surface area contributed by atoms with Gasteiger partial charge in [0.2, 0.25) is 0 Å². The van der Waals surface area contributed by atoms with E-state index >= 15 is 0 Å². The molecule has 1 aromatic heterocycles. The Kier molecular flexibility index (Phi) is 4.94. The molecular formula is C16H14BrN5O3. The molecule has 0 aliphatic rings. The molecule has 8 nitrogen and oxygen atoms in total. The number of halogens is 1. The quantitative estimate of drug-likeness (QED) is 0.501. The number of amides is 1. The molecule has 0 saturated heterocycles. The molecular weight excluding hydrogens is 390 g/mol. The average molecular weight is 404 g/mol. The van der Waals surface area contributed by atoms with Crippen LogP contribution in [0.15, 0.2) is 46.0 Å². The highest BCUT2D eigenvalue weighted by atomic mass is 79.9. The minimum absolute atomic E-state index is 0.0222. The van der Waals surface area contributed by atoms with Crippen LogP contribution in [0.1, 0.15) is 5.56 Å². The van der Waals surface area contributed by atoms with Crippen molar-refractivity contribution < 1.29 is 14.6 Å². The van der Waals surface area contributed by atoms with E-state index in [4.69, 9.17) is 4.74 Å². The van der Waals surface area contributed by atoms with Gasteiger partial charge in [-0.2, -0.15) is 5.10 Å². The van der Waals surface area contributed by atoms with Crippen LogP contribution in [0.3, 0.4) is 0 Å². The summed E-state index contributed by atoms with van der Waals surface area (Å²) in [5.41, 5.74) is 4.27. The first-order valence-electron chi connectivity index (χ1n) is 7.25. The van der Waals surface area contributed by atoms with E-state index in [0.29, 0.717) is 21.3 Å². The lowest BCUT2D eigenvalue weighted by atomic mass is 10.2. The number of aromatic nitrogens is 3. The second-order valence-electron chi connectivity index (χ2n) is 5.07. The zero-order valence-electron chi connectivity index (χ0n) is 13.2. The van der Waals surface area contributed by atoms with Crippen molar-refractivity contribution >= 4 is 39.1 Å². The van der Waals surface area contributed by atoms with Crippen molar-refractivity contribution in [2.75, 3.05) is 7.11 Å². The van der Waals surface area contributed by atoms with E-state index in [1.165, 1.54) is 18.0 Å². The minimum atomic E-state index is -0.367. The van der Waals surface area contributed by atoms with E-state index < -0.39 is 0 Å². The number of rotatable bonds is 5. The number of nitrogens with zero attached hydrogens (tertiary/aromatic N) is 4. The van der Waals surface area contributed by atoms with Gasteiger partial charge in [0.25, 0.3) is 5.91 Å². The van der Waals surface area contributed by atoms with Crippen LogP contribution in [0, 0.1) is 0 Å². The van der Waals surface area contributed by atoms with Gasteiger partial charge in [0.05, 0.1) is 18.8 Å². The fourth-order valence-corrected chi connectivity index (χ4v) is 2.68. The lowest BCUT2D eigenvalue weighted by molar-refractivity contribution is -0.121. The summed E-state index contributed by atoms with van der Waals surface area (Å²) >= 11 is 3.31. The van der Waals surface area contributed by atoms with E-state index in [0.717, 1.165) is 5.52 Å². The lowest BCUT2D eigenvalue weighted by Crippen LogP contribution is -2.23. The van der Waals surface area contributed by atoms with Gasteiger partial charge in [-0.25, -0.2) is 10.1 Å². The molecule has 2 N–H and O–H groups in total. The third-order valence-electron chi connectivity index (χ3n) is 3.40. The Morgan fingerprint density at radius 2 is 2.24 bits per heavy atom. The summed E-state index contributed by atoms with van der Waals surface area (Å²) in [6.07, 6.45) is 1.33. The summed E-state index contributed by atoms with van der Waals surface area (Å²) in [6.45, 7) is -0.0222. The lowest BCUT2D eigenvalue weighted by Gasteiger charge is -2.06. The molecule has 25 heavy (non-hydrogen) atoms. The summed E-state index contributed by atoms with van der Waals surface area (Å²) < 4.78 is 7.26. The van der Waals surface area contributed by atoms with Gasteiger partial charge >= 0.3 is 0 Å². The number of para-hydroxylation sites is 1. The molecule has 9 heteroatoms. The Labute approximate surface area is 151 Å². The fourth-order valence-electron chi connectivity index (χ4n) is 2.23. The number of fused-ring (bicyclic) bond motifs is 1. The van der Waals surface area contributed by atoms with Crippen molar-refractivity contribution in [1.29, 1.82) is 0 Å². The van der Waals surface area contributed by atoms with Crippen LogP contribution >= 0.6 is 15.9 Å². The Morgan fingerprint density at radius 3 is 3.04 bits per heavy atom. The molecule has 0 atom stereocenters. The highest BCUT2D eigenvalue weighted by Gasteiger charge is 2.09. The van der Waals surface area contributed by atoms with E-state index in [2.05, 4.69) is 36.8 Å². The number of benzene rings is 2. The summed E-state index contributed by atoms with van der Waals surface area (Å²) in [5, 5.41) is 21.8. The number of nitrogens with one attached hydrogen (secondary N) is 1. The molecule has 3 aromatic rings.